The summed E-state index contributed by atoms with van der Waals surface area (Å²) >= 11 is 0. The number of hydrogen-bond donors (Lipinski definition) is 3. The average molecular weight is 432 g/mol. The molecule has 0 aliphatic heterocycles. The van der Waals surface area contributed by atoms with Crippen molar-refractivity contribution >= 4 is 28.9 Å². The number of benzene rings is 1. The molecule has 0 aliphatic rings. The Bertz CT molecular complexity index is 1050. The molecule has 0 fully saturated rings. The number of ether oxygens (including phenoxy) is 1. The zero-order valence-electron chi connectivity index (χ0n) is 17.7. The van der Waals surface area contributed by atoms with Crippen LogP contribution in [-0.2, 0) is 16.0 Å². The second-order valence-corrected chi connectivity index (χ2v) is 7.24. The standard InChI is InChI=1S/C21H27N3O7/c1-11-8-15(30-3)18-12(2)13(20(28)31-16(18)9-11)10-17(25)24-14(19(26)27)6-4-5-7-23-21(22)29/h8-9,14H,4-7,10H2,1-3H3,(H,24,25)(H,26,27)(H3,22,23,29)/p-1/t14-/m0/s1. The molecule has 168 valence electrons. The lowest BCUT2D eigenvalue weighted by molar-refractivity contribution is -0.308. The number of unbranched alkanes of at least 4 members (excludes halogenated alkanes) is 1. The van der Waals surface area contributed by atoms with Crippen LogP contribution >= 0.6 is 0 Å². The minimum absolute atomic E-state index is 0.104. The molecule has 2 aromatic rings. The Balaban J connectivity index is 2.14. The van der Waals surface area contributed by atoms with Gasteiger partial charge in [-0.2, -0.15) is 0 Å². The molecule has 0 saturated heterocycles. The molecular formula is C21H26N3O7-. The zero-order chi connectivity index (χ0) is 23.1. The fourth-order valence-corrected chi connectivity index (χ4v) is 3.34. The van der Waals surface area contributed by atoms with Gasteiger partial charge in [0.05, 0.1) is 36.5 Å². The van der Waals surface area contributed by atoms with E-state index >= 15 is 0 Å². The molecule has 10 heteroatoms. The van der Waals surface area contributed by atoms with Crippen molar-refractivity contribution in [1.82, 2.24) is 10.6 Å². The van der Waals surface area contributed by atoms with Gasteiger partial charge in [-0.1, -0.05) is 0 Å². The molecule has 0 spiro atoms. The Morgan fingerprint density at radius 2 is 1.94 bits per heavy atom. The molecule has 31 heavy (non-hydrogen) atoms. The maximum absolute atomic E-state index is 12.5. The maximum atomic E-state index is 12.5. The number of carboxylic acids is 1. The van der Waals surface area contributed by atoms with E-state index in [9.17, 15) is 24.3 Å². The Kier molecular flexibility index (Phi) is 8.00. The van der Waals surface area contributed by atoms with E-state index in [0.717, 1.165) is 5.56 Å². The molecule has 10 nitrogen and oxygen atoms in total. The molecule has 1 heterocycles. The number of urea groups is 1. The quantitative estimate of drug-likeness (QED) is 0.352. The summed E-state index contributed by atoms with van der Waals surface area (Å²) in [4.78, 5) is 46.9. The summed E-state index contributed by atoms with van der Waals surface area (Å²) in [6.45, 7) is 3.81. The first-order valence-electron chi connectivity index (χ1n) is 9.78. The lowest BCUT2D eigenvalue weighted by Crippen LogP contribution is -2.48. The summed E-state index contributed by atoms with van der Waals surface area (Å²) in [6.07, 6.45) is 0.642. The normalized spacial score (nSPS) is 11.7. The van der Waals surface area contributed by atoms with E-state index in [1.807, 2.05) is 6.92 Å². The average Bonchev–Trinajstić information content (AvgIpc) is 2.68. The largest absolute Gasteiger partial charge is 0.548 e. The van der Waals surface area contributed by atoms with Crippen molar-refractivity contribution < 1.29 is 28.6 Å². The van der Waals surface area contributed by atoms with Crippen LogP contribution in [0.2, 0.25) is 0 Å². The number of aliphatic carboxylic acids is 1. The number of aryl methyl sites for hydroxylation is 2. The second-order valence-electron chi connectivity index (χ2n) is 7.24. The third kappa shape index (κ3) is 6.21. The number of nitrogens with one attached hydrogen (secondary N) is 2. The van der Waals surface area contributed by atoms with Crippen LogP contribution in [0.25, 0.3) is 11.0 Å². The topological polar surface area (TPSA) is 164 Å². The number of primary amides is 1. The number of amides is 3. The summed E-state index contributed by atoms with van der Waals surface area (Å²) in [7, 11) is 1.49. The molecule has 0 bridgehead atoms. The minimum atomic E-state index is -1.43. The van der Waals surface area contributed by atoms with Crippen molar-refractivity contribution in [3.8, 4) is 5.75 Å². The number of fused-ring (bicyclic) bond motifs is 1. The number of carboxylic acid groups (broad SMARTS) is 1. The van der Waals surface area contributed by atoms with Gasteiger partial charge in [0.1, 0.15) is 11.3 Å². The fourth-order valence-electron chi connectivity index (χ4n) is 3.34. The van der Waals surface area contributed by atoms with Crippen LogP contribution in [0.1, 0.15) is 36.0 Å². The molecule has 0 radical (unpaired) electrons. The number of hydrogen-bond acceptors (Lipinski definition) is 7. The van der Waals surface area contributed by atoms with Gasteiger partial charge in [-0.3, -0.25) is 4.79 Å². The van der Waals surface area contributed by atoms with Crippen LogP contribution in [0.15, 0.2) is 21.3 Å². The summed E-state index contributed by atoms with van der Waals surface area (Å²) in [5, 5.41) is 16.7. The predicted molar refractivity (Wildman–Crippen MR) is 111 cm³/mol. The van der Waals surface area contributed by atoms with Crippen LogP contribution in [0.3, 0.4) is 0 Å². The minimum Gasteiger partial charge on any atom is -0.548 e. The van der Waals surface area contributed by atoms with Gasteiger partial charge >= 0.3 is 11.7 Å². The van der Waals surface area contributed by atoms with Crippen molar-refractivity contribution in [3.63, 3.8) is 0 Å². The van der Waals surface area contributed by atoms with Gasteiger partial charge in [-0.25, -0.2) is 9.59 Å². The Morgan fingerprint density at radius 3 is 2.55 bits per heavy atom. The van der Waals surface area contributed by atoms with E-state index in [0.29, 0.717) is 41.7 Å². The highest BCUT2D eigenvalue weighted by Gasteiger charge is 2.20. The highest BCUT2D eigenvalue weighted by Crippen LogP contribution is 2.30. The van der Waals surface area contributed by atoms with Crippen LogP contribution < -0.4 is 31.8 Å². The van der Waals surface area contributed by atoms with Crippen molar-refractivity contribution in [2.45, 2.75) is 45.6 Å². The van der Waals surface area contributed by atoms with Gasteiger partial charge in [-0.05, 0) is 56.4 Å². The highest BCUT2D eigenvalue weighted by atomic mass is 16.5. The molecule has 2 rings (SSSR count). The number of carbonyl (C=O) groups excluding carboxylic acids is 3. The summed E-state index contributed by atoms with van der Waals surface area (Å²) in [5.41, 5.74) is 6.13. The van der Waals surface area contributed by atoms with Crippen molar-refractivity contribution in [3.05, 3.63) is 39.2 Å². The van der Waals surface area contributed by atoms with E-state index in [4.69, 9.17) is 14.9 Å². The van der Waals surface area contributed by atoms with Crippen molar-refractivity contribution in [2.24, 2.45) is 5.73 Å². The first-order chi connectivity index (χ1) is 14.6. The SMILES string of the molecule is COc1cc(C)cc2oc(=O)c(CC(=O)N[C@@H](CCCCNC(N)=O)C(=O)[O-])c(C)c12. The lowest BCUT2D eigenvalue weighted by atomic mass is 10.0. The first kappa shape index (κ1) is 23.7. The number of methoxy groups -OCH3 is 1. The van der Waals surface area contributed by atoms with Crippen LogP contribution in [0, 0.1) is 13.8 Å². The number of carbonyl (C=O) groups is 3. The summed E-state index contributed by atoms with van der Waals surface area (Å²) in [6, 6.07) is 1.60. The Morgan fingerprint density at radius 1 is 1.23 bits per heavy atom. The Hall–Kier alpha value is -3.56. The third-order valence-corrected chi connectivity index (χ3v) is 4.88. The van der Waals surface area contributed by atoms with Gasteiger partial charge in [0.25, 0.3) is 0 Å². The van der Waals surface area contributed by atoms with Crippen LogP contribution in [0.4, 0.5) is 4.79 Å². The monoisotopic (exact) mass is 432 g/mol. The summed E-state index contributed by atoms with van der Waals surface area (Å²) < 4.78 is 10.8. The number of nitrogens with two attached hydrogens (primary N) is 1. The molecule has 0 saturated carbocycles. The van der Waals surface area contributed by atoms with Gasteiger partial charge < -0.3 is 35.4 Å². The van der Waals surface area contributed by atoms with Crippen molar-refractivity contribution in [2.75, 3.05) is 13.7 Å². The van der Waals surface area contributed by atoms with E-state index in [2.05, 4.69) is 10.6 Å². The van der Waals surface area contributed by atoms with Gasteiger partial charge in [0, 0.05) is 6.54 Å². The smallest absolute Gasteiger partial charge is 0.340 e. The van der Waals surface area contributed by atoms with Gasteiger partial charge in [0.15, 0.2) is 0 Å². The maximum Gasteiger partial charge on any atom is 0.340 e. The van der Waals surface area contributed by atoms with E-state index < -0.39 is 29.6 Å². The van der Waals surface area contributed by atoms with Crippen LogP contribution in [0.5, 0.6) is 5.75 Å². The molecular weight excluding hydrogens is 406 g/mol. The second kappa shape index (κ2) is 10.5. The highest BCUT2D eigenvalue weighted by molar-refractivity contribution is 5.90. The molecule has 1 atom stereocenters. The van der Waals surface area contributed by atoms with Crippen LogP contribution in [-0.4, -0.2) is 37.6 Å². The Labute approximate surface area is 178 Å². The van der Waals surface area contributed by atoms with Gasteiger partial charge in [-0.15, -0.1) is 0 Å². The predicted octanol–water partition coefficient (Wildman–Crippen LogP) is 0.0342. The molecule has 4 N–H and O–H groups in total. The van der Waals surface area contributed by atoms with E-state index in [1.165, 1.54) is 7.11 Å². The van der Waals surface area contributed by atoms with E-state index in [1.54, 1.807) is 19.1 Å². The molecule has 0 aliphatic carbocycles. The molecule has 1 aromatic heterocycles. The third-order valence-electron chi connectivity index (χ3n) is 4.88. The van der Waals surface area contributed by atoms with Gasteiger partial charge in [0.2, 0.25) is 5.91 Å². The van der Waals surface area contributed by atoms with E-state index in [-0.39, 0.29) is 18.4 Å². The molecule has 3 amide bonds. The van der Waals surface area contributed by atoms with Crippen molar-refractivity contribution in [1.29, 1.82) is 0 Å². The lowest BCUT2D eigenvalue weighted by Gasteiger charge is -2.20. The zero-order valence-corrected chi connectivity index (χ0v) is 17.7. The fraction of sp³-hybridized carbons (Fsp3) is 0.429. The molecule has 0 unspecified atom stereocenters. The number of rotatable bonds is 10. The summed E-state index contributed by atoms with van der Waals surface area (Å²) in [5.74, 6) is -1.57. The molecule has 1 aromatic carbocycles. The first-order valence-corrected chi connectivity index (χ1v) is 9.78.